The van der Waals surface area contributed by atoms with Gasteiger partial charge in [0.1, 0.15) is 0 Å². The second-order valence-electron chi connectivity index (χ2n) is 6.13. The van der Waals surface area contributed by atoms with Crippen LogP contribution in [0.4, 0.5) is 0 Å². The van der Waals surface area contributed by atoms with Gasteiger partial charge >= 0.3 is 0 Å². The Morgan fingerprint density at radius 2 is 2.00 bits per heavy atom. The smallest absolute Gasteiger partial charge is 0.223 e. The zero-order chi connectivity index (χ0) is 13.7. The summed E-state index contributed by atoms with van der Waals surface area (Å²) >= 11 is 0. The van der Waals surface area contributed by atoms with Crippen molar-refractivity contribution in [2.75, 3.05) is 32.7 Å². The first-order chi connectivity index (χ1) is 9.24. The van der Waals surface area contributed by atoms with Crippen molar-refractivity contribution in [1.82, 2.24) is 9.80 Å². The largest absolute Gasteiger partial charge is 0.339 e. The minimum Gasteiger partial charge on any atom is -0.339 e. The summed E-state index contributed by atoms with van der Waals surface area (Å²) in [6.07, 6.45) is 6.92. The fraction of sp³-hybridized carbons (Fsp3) is 0.933. The molecule has 2 aliphatic heterocycles. The van der Waals surface area contributed by atoms with E-state index in [4.69, 9.17) is 5.73 Å². The molecule has 0 bridgehead atoms. The van der Waals surface area contributed by atoms with E-state index in [2.05, 4.69) is 16.7 Å². The summed E-state index contributed by atoms with van der Waals surface area (Å²) in [4.78, 5) is 16.7. The zero-order valence-corrected chi connectivity index (χ0v) is 12.3. The third kappa shape index (κ3) is 3.93. The summed E-state index contributed by atoms with van der Waals surface area (Å²) in [7, 11) is 0. The van der Waals surface area contributed by atoms with Gasteiger partial charge in [-0.1, -0.05) is 19.8 Å². The molecule has 2 N–H and O–H groups in total. The van der Waals surface area contributed by atoms with Gasteiger partial charge in [-0.05, 0) is 38.3 Å². The van der Waals surface area contributed by atoms with E-state index in [1.165, 1.54) is 25.8 Å². The molecule has 4 nitrogen and oxygen atoms in total. The van der Waals surface area contributed by atoms with E-state index in [9.17, 15) is 4.79 Å². The molecule has 0 saturated carbocycles. The lowest BCUT2D eigenvalue weighted by Crippen LogP contribution is -2.45. The number of amides is 1. The third-order valence-electron chi connectivity index (χ3n) is 4.65. The van der Waals surface area contributed by atoms with Gasteiger partial charge in [0, 0.05) is 32.1 Å². The van der Waals surface area contributed by atoms with Gasteiger partial charge < -0.3 is 15.5 Å². The van der Waals surface area contributed by atoms with Crippen molar-refractivity contribution in [2.45, 2.75) is 51.5 Å². The first kappa shape index (κ1) is 14.8. The van der Waals surface area contributed by atoms with Gasteiger partial charge in [0.05, 0.1) is 0 Å². The lowest BCUT2D eigenvalue weighted by molar-refractivity contribution is -0.130. The number of carbonyl (C=O) groups excluding carboxylic acids is 1. The molecule has 19 heavy (non-hydrogen) atoms. The molecule has 2 saturated heterocycles. The quantitative estimate of drug-likeness (QED) is 0.741. The van der Waals surface area contributed by atoms with Crippen LogP contribution >= 0.6 is 0 Å². The molecule has 1 atom stereocenters. The number of carbonyl (C=O) groups is 1. The van der Waals surface area contributed by atoms with Crippen molar-refractivity contribution in [3.05, 3.63) is 0 Å². The highest BCUT2D eigenvalue weighted by Gasteiger charge is 2.34. The minimum absolute atomic E-state index is 0.333. The Labute approximate surface area is 117 Å². The Morgan fingerprint density at radius 1 is 1.26 bits per heavy atom. The molecule has 4 heteroatoms. The molecule has 2 aliphatic rings. The van der Waals surface area contributed by atoms with Crippen LogP contribution in [0.2, 0.25) is 0 Å². The van der Waals surface area contributed by atoms with Crippen LogP contribution in [0.5, 0.6) is 0 Å². The summed E-state index contributed by atoms with van der Waals surface area (Å²) in [5, 5.41) is 0. The number of hydrogen-bond acceptors (Lipinski definition) is 3. The second-order valence-corrected chi connectivity index (χ2v) is 6.13. The van der Waals surface area contributed by atoms with E-state index in [0.717, 1.165) is 32.5 Å². The molecule has 0 aromatic carbocycles. The fourth-order valence-corrected chi connectivity index (χ4v) is 3.36. The van der Waals surface area contributed by atoms with E-state index >= 15 is 0 Å². The SMILES string of the molecule is CCCCCN1CCC(N2CC(CN)CC2=O)CC1. The average Bonchev–Trinajstić information content (AvgIpc) is 2.81. The van der Waals surface area contributed by atoms with E-state index < -0.39 is 0 Å². The standard InChI is InChI=1S/C15H29N3O/c1-2-3-4-7-17-8-5-14(6-9-17)18-12-13(11-16)10-15(18)19/h13-14H,2-12,16H2,1H3. The number of unbranched alkanes of at least 4 members (excludes halogenated alkanes) is 2. The summed E-state index contributed by atoms with van der Waals surface area (Å²) < 4.78 is 0. The predicted molar refractivity (Wildman–Crippen MR) is 77.9 cm³/mol. The monoisotopic (exact) mass is 267 g/mol. The molecule has 0 aromatic heterocycles. The van der Waals surface area contributed by atoms with Crippen LogP contribution in [-0.2, 0) is 4.79 Å². The maximum absolute atomic E-state index is 12.0. The van der Waals surface area contributed by atoms with Gasteiger partial charge in [0.25, 0.3) is 0 Å². The van der Waals surface area contributed by atoms with Crippen molar-refractivity contribution < 1.29 is 4.79 Å². The molecule has 0 aliphatic carbocycles. The van der Waals surface area contributed by atoms with Gasteiger partial charge in [-0.25, -0.2) is 0 Å². The van der Waals surface area contributed by atoms with Crippen LogP contribution in [0, 0.1) is 5.92 Å². The molecular weight excluding hydrogens is 238 g/mol. The van der Waals surface area contributed by atoms with Crippen molar-refractivity contribution in [2.24, 2.45) is 11.7 Å². The molecule has 1 amide bonds. The maximum atomic E-state index is 12.0. The fourth-order valence-electron chi connectivity index (χ4n) is 3.36. The zero-order valence-electron chi connectivity index (χ0n) is 12.3. The first-order valence-corrected chi connectivity index (χ1v) is 7.96. The Balaban J connectivity index is 1.72. The minimum atomic E-state index is 0.333. The molecule has 0 aromatic rings. The Hall–Kier alpha value is -0.610. The van der Waals surface area contributed by atoms with Crippen LogP contribution in [-0.4, -0.2) is 54.5 Å². The molecule has 0 radical (unpaired) electrons. The molecule has 0 spiro atoms. The number of hydrogen-bond donors (Lipinski definition) is 1. The molecular formula is C15H29N3O. The molecule has 2 heterocycles. The van der Waals surface area contributed by atoms with Crippen LogP contribution in [0.3, 0.4) is 0 Å². The van der Waals surface area contributed by atoms with Crippen molar-refractivity contribution >= 4 is 5.91 Å². The van der Waals surface area contributed by atoms with Gasteiger partial charge in [0.15, 0.2) is 0 Å². The normalized spacial score (nSPS) is 26.3. The number of nitrogens with two attached hydrogens (primary N) is 1. The van der Waals surface area contributed by atoms with Gasteiger partial charge in [-0.2, -0.15) is 0 Å². The van der Waals surface area contributed by atoms with Gasteiger partial charge in [-0.15, -0.1) is 0 Å². The lowest BCUT2D eigenvalue weighted by atomic mass is 10.0. The molecule has 110 valence electrons. The van der Waals surface area contributed by atoms with Crippen LogP contribution in [0.15, 0.2) is 0 Å². The van der Waals surface area contributed by atoms with Gasteiger partial charge in [0.2, 0.25) is 5.91 Å². The van der Waals surface area contributed by atoms with E-state index in [1.54, 1.807) is 0 Å². The highest BCUT2D eigenvalue weighted by atomic mass is 16.2. The van der Waals surface area contributed by atoms with Crippen molar-refractivity contribution in [3.63, 3.8) is 0 Å². The Bertz CT molecular complexity index is 287. The Kier molecular flexibility index (Phi) is 5.64. The van der Waals surface area contributed by atoms with Gasteiger partial charge in [-0.3, -0.25) is 4.79 Å². The number of rotatable bonds is 6. The topological polar surface area (TPSA) is 49.6 Å². The van der Waals surface area contributed by atoms with Crippen LogP contribution in [0.1, 0.15) is 45.4 Å². The van der Waals surface area contributed by atoms with Crippen molar-refractivity contribution in [3.8, 4) is 0 Å². The lowest BCUT2D eigenvalue weighted by Gasteiger charge is -2.37. The number of likely N-dealkylation sites (tertiary alicyclic amines) is 2. The van der Waals surface area contributed by atoms with Crippen LogP contribution in [0.25, 0.3) is 0 Å². The maximum Gasteiger partial charge on any atom is 0.223 e. The average molecular weight is 267 g/mol. The predicted octanol–water partition coefficient (Wildman–Crippen LogP) is 1.45. The highest BCUT2D eigenvalue weighted by Crippen LogP contribution is 2.25. The summed E-state index contributed by atoms with van der Waals surface area (Å²) in [6, 6.07) is 0.478. The molecule has 2 rings (SSSR count). The Morgan fingerprint density at radius 3 is 2.58 bits per heavy atom. The van der Waals surface area contributed by atoms with E-state index in [-0.39, 0.29) is 0 Å². The molecule has 2 fully saturated rings. The van der Waals surface area contributed by atoms with Crippen molar-refractivity contribution in [1.29, 1.82) is 0 Å². The van der Waals surface area contributed by atoms with E-state index in [0.29, 0.717) is 30.8 Å². The van der Waals surface area contributed by atoms with E-state index in [1.807, 2.05) is 0 Å². The molecule has 1 unspecified atom stereocenters. The summed E-state index contributed by atoms with van der Waals surface area (Å²) in [5.74, 6) is 0.731. The first-order valence-electron chi connectivity index (χ1n) is 7.96. The number of piperidine rings is 1. The van der Waals surface area contributed by atoms with Crippen LogP contribution < -0.4 is 5.73 Å². The highest BCUT2D eigenvalue weighted by molar-refractivity contribution is 5.79. The summed E-state index contributed by atoms with van der Waals surface area (Å²) in [6.45, 7) is 7.35. The third-order valence-corrected chi connectivity index (χ3v) is 4.65. The summed E-state index contributed by atoms with van der Waals surface area (Å²) in [5.41, 5.74) is 5.69. The second kappa shape index (κ2) is 7.25. The number of nitrogens with zero attached hydrogens (tertiary/aromatic N) is 2.